The third kappa shape index (κ3) is 3.29. The average molecular weight is 255 g/mol. The molecule has 0 radical (unpaired) electrons. The van der Waals surface area contributed by atoms with Crippen LogP contribution in [-0.2, 0) is 6.54 Å². The first-order chi connectivity index (χ1) is 9.42. The largest absolute Gasteiger partial charge is 0.308 e. The zero-order chi connectivity index (χ0) is 12.9. The van der Waals surface area contributed by atoms with Gasteiger partial charge in [0.25, 0.3) is 0 Å². The normalized spacial score (nSPS) is 17.5. The Labute approximate surface area is 114 Å². The number of nitrogens with one attached hydrogen (secondary N) is 1. The molecule has 3 nitrogen and oxygen atoms in total. The first kappa shape index (κ1) is 12.5. The van der Waals surface area contributed by atoms with Crippen molar-refractivity contribution in [3.63, 3.8) is 0 Å². The summed E-state index contributed by atoms with van der Waals surface area (Å²) in [5.74, 6) is 0. The first-order valence-corrected chi connectivity index (χ1v) is 7.36. The molecule has 0 atom stereocenters. The second-order valence-electron chi connectivity index (χ2n) is 5.42. The lowest BCUT2D eigenvalue weighted by Gasteiger charge is -2.15. The lowest BCUT2D eigenvalue weighted by Crippen LogP contribution is -2.28. The van der Waals surface area contributed by atoms with Gasteiger partial charge in [0.05, 0.1) is 22.9 Å². The van der Waals surface area contributed by atoms with Crippen LogP contribution in [0.25, 0.3) is 11.0 Å². The Morgan fingerprint density at radius 1 is 1.00 bits per heavy atom. The number of rotatable bonds is 3. The SMILES string of the molecule is c1ccc2nc(CNC3CCCCCC3)cnc2c1. The Kier molecular flexibility index (Phi) is 4.04. The molecule has 100 valence electrons. The molecule has 0 saturated heterocycles. The van der Waals surface area contributed by atoms with E-state index in [0.717, 1.165) is 23.3 Å². The van der Waals surface area contributed by atoms with Crippen molar-refractivity contribution in [3.8, 4) is 0 Å². The Hall–Kier alpha value is -1.48. The van der Waals surface area contributed by atoms with E-state index in [0.29, 0.717) is 6.04 Å². The van der Waals surface area contributed by atoms with Crippen LogP contribution in [0.3, 0.4) is 0 Å². The molecule has 0 unspecified atom stereocenters. The monoisotopic (exact) mass is 255 g/mol. The number of fused-ring (bicyclic) bond motifs is 1. The van der Waals surface area contributed by atoms with Crippen LogP contribution in [0, 0.1) is 0 Å². The van der Waals surface area contributed by atoms with Crippen molar-refractivity contribution in [2.24, 2.45) is 0 Å². The van der Waals surface area contributed by atoms with Gasteiger partial charge in [-0.2, -0.15) is 0 Å². The van der Waals surface area contributed by atoms with E-state index < -0.39 is 0 Å². The molecule has 1 heterocycles. The highest BCUT2D eigenvalue weighted by atomic mass is 14.9. The predicted octanol–water partition coefficient (Wildman–Crippen LogP) is 3.44. The van der Waals surface area contributed by atoms with Gasteiger partial charge in [0, 0.05) is 12.6 Å². The maximum absolute atomic E-state index is 4.66. The fraction of sp³-hybridized carbons (Fsp3) is 0.500. The molecule has 1 saturated carbocycles. The summed E-state index contributed by atoms with van der Waals surface area (Å²) in [5, 5.41) is 3.64. The fourth-order valence-electron chi connectivity index (χ4n) is 2.81. The molecule has 1 aliphatic carbocycles. The van der Waals surface area contributed by atoms with Crippen LogP contribution in [0.1, 0.15) is 44.2 Å². The summed E-state index contributed by atoms with van der Waals surface area (Å²) in [6.07, 6.45) is 10.0. The minimum atomic E-state index is 0.663. The van der Waals surface area contributed by atoms with Gasteiger partial charge < -0.3 is 5.32 Å². The summed E-state index contributed by atoms with van der Waals surface area (Å²) in [7, 11) is 0. The standard InChI is InChI=1S/C16H21N3/c1-2-4-8-13(7-3-1)17-11-14-12-18-15-9-5-6-10-16(15)19-14/h5-6,9-10,12-13,17H,1-4,7-8,11H2. The van der Waals surface area contributed by atoms with Gasteiger partial charge in [-0.3, -0.25) is 4.98 Å². The molecule has 0 aliphatic heterocycles. The lowest BCUT2D eigenvalue weighted by molar-refractivity contribution is 0.456. The van der Waals surface area contributed by atoms with E-state index in [2.05, 4.69) is 15.3 Å². The third-order valence-corrected chi connectivity index (χ3v) is 3.93. The van der Waals surface area contributed by atoms with Crippen molar-refractivity contribution < 1.29 is 0 Å². The number of hydrogen-bond acceptors (Lipinski definition) is 3. The van der Waals surface area contributed by atoms with Gasteiger partial charge in [0.2, 0.25) is 0 Å². The molecule has 0 amide bonds. The summed E-state index contributed by atoms with van der Waals surface area (Å²) in [5.41, 5.74) is 3.01. The molecular formula is C16H21N3. The van der Waals surface area contributed by atoms with Crippen molar-refractivity contribution in [1.82, 2.24) is 15.3 Å². The Balaban J connectivity index is 1.64. The minimum absolute atomic E-state index is 0.663. The molecule has 0 bridgehead atoms. The molecule has 19 heavy (non-hydrogen) atoms. The molecule has 3 rings (SSSR count). The van der Waals surface area contributed by atoms with E-state index >= 15 is 0 Å². The quantitative estimate of drug-likeness (QED) is 0.854. The van der Waals surface area contributed by atoms with E-state index in [9.17, 15) is 0 Å². The van der Waals surface area contributed by atoms with Crippen molar-refractivity contribution in [1.29, 1.82) is 0 Å². The number of aromatic nitrogens is 2. The molecule has 1 fully saturated rings. The Morgan fingerprint density at radius 2 is 1.74 bits per heavy atom. The maximum Gasteiger partial charge on any atom is 0.0890 e. The average Bonchev–Trinajstić information content (AvgIpc) is 2.73. The second-order valence-corrected chi connectivity index (χ2v) is 5.42. The third-order valence-electron chi connectivity index (χ3n) is 3.93. The lowest BCUT2D eigenvalue weighted by atomic mass is 10.1. The highest BCUT2D eigenvalue weighted by Gasteiger charge is 2.11. The van der Waals surface area contributed by atoms with E-state index in [4.69, 9.17) is 0 Å². The van der Waals surface area contributed by atoms with E-state index in [1.807, 2.05) is 30.5 Å². The van der Waals surface area contributed by atoms with Gasteiger partial charge in [-0.1, -0.05) is 37.8 Å². The number of para-hydroxylation sites is 2. The fourth-order valence-corrected chi connectivity index (χ4v) is 2.81. The van der Waals surface area contributed by atoms with Crippen LogP contribution in [0.2, 0.25) is 0 Å². The zero-order valence-corrected chi connectivity index (χ0v) is 11.3. The summed E-state index contributed by atoms with van der Waals surface area (Å²) in [6.45, 7) is 0.836. The van der Waals surface area contributed by atoms with E-state index in [1.165, 1.54) is 38.5 Å². The molecular weight excluding hydrogens is 234 g/mol. The molecule has 1 aromatic heterocycles. The van der Waals surface area contributed by atoms with Crippen molar-refractivity contribution in [2.75, 3.05) is 0 Å². The highest BCUT2D eigenvalue weighted by Crippen LogP contribution is 2.17. The topological polar surface area (TPSA) is 37.8 Å². The molecule has 3 heteroatoms. The molecule has 1 aromatic carbocycles. The van der Waals surface area contributed by atoms with Gasteiger partial charge in [0.1, 0.15) is 0 Å². The van der Waals surface area contributed by atoms with E-state index in [-0.39, 0.29) is 0 Å². The summed E-state index contributed by atoms with van der Waals surface area (Å²) >= 11 is 0. The van der Waals surface area contributed by atoms with Crippen LogP contribution in [0.15, 0.2) is 30.5 Å². The summed E-state index contributed by atoms with van der Waals surface area (Å²) in [6, 6.07) is 8.71. The number of benzene rings is 1. The zero-order valence-electron chi connectivity index (χ0n) is 11.3. The smallest absolute Gasteiger partial charge is 0.0890 e. The second kappa shape index (κ2) is 6.11. The van der Waals surface area contributed by atoms with Crippen molar-refractivity contribution in [2.45, 2.75) is 51.1 Å². The molecule has 2 aromatic rings. The molecule has 0 spiro atoms. The summed E-state index contributed by atoms with van der Waals surface area (Å²) in [4.78, 5) is 9.12. The minimum Gasteiger partial charge on any atom is -0.308 e. The molecule has 1 N–H and O–H groups in total. The Morgan fingerprint density at radius 3 is 2.53 bits per heavy atom. The van der Waals surface area contributed by atoms with Gasteiger partial charge in [-0.25, -0.2) is 4.98 Å². The van der Waals surface area contributed by atoms with Crippen LogP contribution in [-0.4, -0.2) is 16.0 Å². The van der Waals surface area contributed by atoms with Gasteiger partial charge in [-0.15, -0.1) is 0 Å². The molecule has 1 aliphatic rings. The van der Waals surface area contributed by atoms with Crippen molar-refractivity contribution in [3.05, 3.63) is 36.2 Å². The Bertz CT molecular complexity index is 530. The summed E-state index contributed by atoms with van der Waals surface area (Å²) < 4.78 is 0. The van der Waals surface area contributed by atoms with Gasteiger partial charge in [-0.05, 0) is 25.0 Å². The first-order valence-electron chi connectivity index (χ1n) is 7.36. The number of nitrogens with zero attached hydrogens (tertiary/aromatic N) is 2. The predicted molar refractivity (Wildman–Crippen MR) is 77.9 cm³/mol. The van der Waals surface area contributed by atoms with E-state index in [1.54, 1.807) is 0 Å². The van der Waals surface area contributed by atoms with Gasteiger partial charge in [0.15, 0.2) is 0 Å². The van der Waals surface area contributed by atoms with Crippen LogP contribution >= 0.6 is 0 Å². The van der Waals surface area contributed by atoms with Crippen LogP contribution < -0.4 is 5.32 Å². The van der Waals surface area contributed by atoms with Crippen LogP contribution in [0.5, 0.6) is 0 Å². The number of hydrogen-bond donors (Lipinski definition) is 1. The highest BCUT2D eigenvalue weighted by molar-refractivity contribution is 5.73. The van der Waals surface area contributed by atoms with Crippen LogP contribution in [0.4, 0.5) is 0 Å². The van der Waals surface area contributed by atoms with Gasteiger partial charge >= 0.3 is 0 Å². The maximum atomic E-state index is 4.66. The van der Waals surface area contributed by atoms with Crippen molar-refractivity contribution >= 4 is 11.0 Å².